The van der Waals surface area contributed by atoms with E-state index in [1.807, 2.05) is 30.3 Å². The first-order valence-electron chi connectivity index (χ1n) is 10.8. The fourth-order valence-electron chi connectivity index (χ4n) is 4.19. The first kappa shape index (κ1) is 24.7. The summed E-state index contributed by atoms with van der Waals surface area (Å²) in [7, 11) is 2.00. The van der Waals surface area contributed by atoms with Gasteiger partial charge in [0.15, 0.2) is 11.8 Å². The van der Waals surface area contributed by atoms with E-state index >= 15 is 0 Å². The molecule has 2 heterocycles. The van der Waals surface area contributed by atoms with Crippen molar-refractivity contribution in [3.63, 3.8) is 0 Å². The summed E-state index contributed by atoms with van der Waals surface area (Å²) < 4.78 is 2.01. The van der Waals surface area contributed by atoms with Gasteiger partial charge >= 0.3 is 0 Å². The molecular formula is C20H38IN7S. The summed E-state index contributed by atoms with van der Waals surface area (Å²) in [6.07, 6.45) is 11.3. The van der Waals surface area contributed by atoms with Gasteiger partial charge in [0, 0.05) is 38.8 Å². The summed E-state index contributed by atoms with van der Waals surface area (Å²) in [6, 6.07) is 1.35. The van der Waals surface area contributed by atoms with Crippen molar-refractivity contribution in [2.75, 3.05) is 31.6 Å². The van der Waals surface area contributed by atoms with Crippen molar-refractivity contribution in [3.8, 4) is 0 Å². The molecule has 9 heteroatoms. The van der Waals surface area contributed by atoms with Gasteiger partial charge in [0.2, 0.25) is 0 Å². The lowest BCUT2D eigenvalue weighted by molar-refractivity contribution is 0.150. The van der Waals surface area contributed by atoms with Crippen LogP contribution in [-0.2, 0) is 13.6 Å². The Labute approximate surface area is 197 Å². The Balaban J connectivity index is 0.00000300. The molecule has 1 aliphatic carbocycles. The van der Waals surface area contributed by atoms with E-state index in [-0.39, 0.29) is 24.0 Å². The van der Waals surface area contributed by atoms with Crippen LogP contribution in [0.1, 0.15) is 56.6 Å². The zero-order valence-corrected chi connectivity index (χ0v) is 21.3. The van der Waals surface area contributed by atoms with Crippen molar-refractivity contribution in [2.45, 2.75) is 70.5 Å². The molecule has 0 aromatic carbocycles. The van der Waals surface area contributed by atoms with E-state index in [0.717, 1.165) is 36.6 Å². The molecule has 2 N–H and O–H groups in total. The largest absolute Gasteiger partial charge is 0.356 e. The van der Waals surface area contributed by atoms with Crippen LogP contribution in [0.3, 0.4) is 0 Å². The highest BCUT2D eigenvalue weighted by atomic mass is 127. The minimum Gasteiger partial charge on any atom is -0.356 e. The molecule has 1 saturated carbocycles. The molecule has 1 aliphatic heterocycles. The molecule has 29 heavy (non-hydrogen) atoms. The highest BCUT2D eigenvalue weighted by Crippen LogP contribution is 2.26. The normalized spacial score (nSPS) is 19.3. The molecular weight excluding hydrogens is 497 g/mol. The first-order chi connectivity index (χ1) is 13.7. The van der Waals surface area contributed by atoms with Crippen molar-refractivity contribution >= 4 is 41.7 Å². The molecule has 0 bridgehead atoms. The molecule has 2 aliphatic rings. The minimum absolute atomic E-state index is 0. The predicted octanol–water partition coefficient (Wildman–Crippen LogP) is 2.94. The number of nitrogens with zero attached hydrogens (tertiary/aromatic N) is 5. The monoisotopic (exact) mass is 535 g/mol. The van der Waals surface area contributed by atoms with Gasteiger partial charge < -0.3 is 20.1 Å². The second kappa shape index (κ2) is 13.0. The van der Waals surface area contributed by atoms with E-state index < -0.39 is 0 Å². The number of rotatable bonds is 8. The van der Waals surface area contributed by atoms with Crippen molar-refractivity contribution in [1.82, 2.24) is 30.3 Å². The van der Waals surface area contributed by atoms with E-state index in [2.05, 4.69) is 32.0 Å². The zero-order valence-electron chi connectivity index (χ0n) is 18.2. The Morgan fingerprint density at radius 1 is 1.17 bits per heavy atom. The molecule has 2 fully saturated rings. The maximum absolute atomic E-state index is 4.81. The first-order valence-corrected chi connectivity index (χ1v) is 12.2. The lowest BCUT2D eigenvalue weighted by Crippen LogP contribution is -2.50. The van der Waals surface area contributed by atoms with E-state index in [4.69, 9.17) is 4.99 Å². The topological polar surface area (TPSA) is 70.4 Å². The second-order valence-electron chi connectivity index (χ2n) is 8.05. The van der Waals surface area contributed by atoms with Crippen LogP contribution in [-0.4, -0.2) is 69.4 Å². The number of hydrogen-bond donors (Lipinski definition) is 2. The van der Waals surface area contributed by atoms with Gasteiger partial charge in [-0.25, -0.2) is 4.99 Å². The van der Waals surface area contributed by atoms with E-state index in [1.54, 1.807) is 0 Å². The lowest BCUT2D eigenvalue weighted by atomic mass is 10.0. The number of hydrogen-bond acceptors (Lipinski definition) is 5. The standard InChI is InChI=1S/C20H37N7S.HI/c1-16-24-25-19(26(16)2)15-22-20(21-11-6-14-28-3)23-17-9-12-27(13-10-17)18-7-4-5-8-18;/h17-18H,4-15H2,1-3H3,(H2,21,22,23);1H. The maximum Gasteiger partial charge on any atom is 0.191 e. The number of aryl methyl sites for hydroxylation is 1. The van der Waals surface area contributed by atoms with Crippen LogP contribution < -0.4 is 10.6 Å². The van der Waals surface area contributed by atoms with Crippen LogP contribution in [0, 0.1) is 6.92 Å². The van der Waals surface area contributed by atoms with Crippen molar-refractivity contribution in [1.29, 1.82) is 0 Å². The summed E-state index contributed by atoms with van der Waals surface area (Å²) in [5.41, 5.74) is 0. The van der Waals surface area contributed by atoms with Gasteiger partial charge in [-0.15, -0.1) is 34.2 Å². The van der Waals surface area contributed by atoms with Gasteiger partial charge in [-0.2, -0.15) is 11.8 Å². The van der Waals surface area contributed by atoms with Crippen LogP contribution in [0.25, 0.3) is 0 Å². The van der Waals surface area contributed by atoms with Crippen LogP contribution in [0.5, 0.6) is 0 Å². The van der Waals surface area contributed by atoms with Gasteiger partial charge in [0.1, 0.15) is 12.4 Å². The summed E-state index contributed by atoms with van der Waals surface area (Å²) in [4.78, 5) is 7.53. The number of thioether (sulfide) groups is 1. The Hall–Kier alpha value is -0.550. The number of piperidine rings is 1. The van der Waals surface area contributed by atoms with E-state index in [9.17, 15) is 0 Å². The summed E-state index contributed by atoms with van der Waals surface area (Å²) in [5.74, 6) is 3.91. The summed E-state index contributed by atoms with van der Waals surface area (Å²) in [6.45, 7) is 5.90. The van der Waals surface area contributed by atoms with E-state index in [1.165, 1.54) is 57.4 Å². The van der Waals surface area contributed by atoms with Crippen molar-refractivity contribution < 1.29 is 0 Å². The molecule has 0 radical (unpaired) electrons. The zero-order chi connectivity index (χ0) is 19.8. The fourth-order valence-corrected chi connectivity index (χ4v) is 4.62. The molecule has 0 amide bonds. The molecule has 0 spiro atoms. The third-order valence-corrected chi connectivity index (χ3v) is 6.79. The molecule has 1 aromatic rings. The Morgan fingerprint density at radius 3 is 2.52 bits per heavy atom. The number of aliphatic imine (C=N–C) groups is 1. The minimum atomic E-state index is 0. The lowest BCUT2D eigenvalue weighted by Gasteiger charge is -2.36. The molecule has 3 rings (SSSR count). The molecule has 166 valence electrons. The molecule has 7 nitrogen and oxygen atoms in total. The Morgan fingerprint density at radius 2 is 1.90 bits per heavy atom. The molecule has 0 unspecified atom stereocenters. The maximum atomic E-state index is 4.81. The number of likely N-dealkylation sites (tertiary alicyclic amines) is 1. The predicted molar refractivity (Wildman–Crippen MR) is 133 cm³/mol. The number of nitrogens with one attached hydrogen (secondary N) is 2. The van der Waals surface area contributed by atoms with Crippen LogP contribution >= 0.6 is 35.7 Å². The number of guanidine groups is 1. The third kappa shape index (κ3) is 7.57. The van der Waals surface area contributed by atoms with Crippen LogP contribution in [0.4, 0.5) is 0 Å². The van der Waals surface area contributed by atoms with Crippen molar-refractivity contribution in [3.05, 3.63) is 11.6 Å². The smallest absolute Gasteiger partial charge is 0.191 e. The Bertz CT molecular complexity index is 622. The second-order valence-corrected chi connectivity index (χ2v) is 9.04. The molecule has 1 saturated heterocycles. The Kier molecular flexibility index (Phi) is 11.1. The SMILES string of the molecule is CSCCCNC(=NCc1nnc(C)n1C)NC1CCN(C2CCCC2)CC1.I. The number of halogens is 1. The fraction of sp³-hybridized carbons (Fsp3) is 0.850. The summed E-state index contributed by atoms with van der Waals surface area (Å²) >= 11 is 1.89. The van der Waals surface area contributed by atoms with E-state index in [0.29, 0.717) is 12.6 Å². The quantitative estimate of drug-likeness (QED) is 0.231. The van der Waals surface area contributed by atoms with Crippen LogP contribution in [0.2, 0.25) is 0 Å². The van der Waals surface area contributed by atoms with Crippen LogP contribution in [0.15, 0.2) is 4.99 Å². The molecule has 0 atom stereocenters. The molecule has 1 aromatic heterocycles. The van der Waals surface area contributed by atoms with Gasteiger partial charge in [-0.1, -0.05) is 12.8 Å². The summed E-state index contributed by atoms with van der Waals surface area (Å²) in [5, 5.41) is 15.6. The number of aromatic nitrogens is 3. The van der Waals surface area contributed by atoms with Gasteiger partial charge in [-0.3, -0.25) is 0 Å². The van der Waals surface area contributed by atoms with Gasteiger partial charge in [0.05, 0.1) is 0 Å². The van der Waals surface area contributed by atoms with Gasteiger partial charge in [-0.05, 0) is 51.0 Å². The highest BCUT2D eigenvalue weighted by Gasteiger charge is 2.27. The average molecular weight is 536 g/mol. The van der Waals surface area contributed by atoms with Crippen molar-refractivity contribution in [2.24, 2.45) is 12.0 Å². The average Bonchev–Trinajstić information content (AvgIpc) is 3.35. The highest BCUT2D eigenvalue weighted by molar-refractivity contribution is 14.0. The van der Waals surface area contributed by atoms with Gasteiger partial charge in [0.25, 0.3) is 0 Å². The third-order valence-electron chi connectivity index (χ3n) is 6.09.